The van der Waals surface area contributed by atoms with Crippen LogP contribution in [0.1, 0.15) is 29.9 Å². The Morgan fingerprint density at radius 1 is 1.45 bits per heavy atom. The van der Waals surface area contributed by atoms with Crippen LogP contribution in [0.5, 0.6) is 0 Å². The second kappa shape index (κ2) is 5.80. The molecule has 2 aromatic heterocycles. The minimum absolute atomic E-state index is 0.00978. The summed E-state index contributed by atoms with van der Waals surface area (Å²) in [7, 11) is 0. The highest BCUT2D eigenvalue weighted by atomic mass is 35.5. The molecule has 8 heteroatoms. The summed E-state index contributed by atoms with van der Waals surface area (Å²) in [5, 5.41) is 9.66. The van der Waals surface area contributed by atoms with Gasteiger partial charge in [0.1, 0.15) is 0 Å². The number of halogens is 4. The number of nitrogens with zero attached hydrogens (tertiary/aromatic N) is 2. The van der Waals surface area contributed by atoms with Gasteiger partial charge < -0.3 is 5.32 Å². The van der Waals surface area contributed by atoms with Crippen LogP contribution in [0.4, 0.5) is 13.2 Å². The largest absolute Gasteiger partial charge is 0.417 e. The molecule has 0 aliphatic heterocycles. The molecule has 2 aromatic rings. The first-order valence-electron chi connectivity index (χ1n) is 5.82. The lowest BCUT2D eigenvalue weighted by Gasteiger charge is -2.15. The third-order valence-electron chi connectivity index (χ3n) is 2.76. The van der Waals surface area contributed by atoms with Gasteiger partial charge in [0, 0.05) is 30.7 Å². The number of alkyl halides is 3. The second-order valence-electron chi connectivity index (χ2n) is 4.27. The Bertz CT molecular complexity index is 569. The van der Waals surface area contributed by atoms with Gasteiger partial charge in [-0.15, -0.1) is 0 Å². The van der Waals surface area contributed by atoms with Crippen LogP contribution in [-0.4, -0.2) is 15.2 Å². The summed E-state index contributed by atoms with van der Waals surface area (Å²) in [4.78, 5) is 3.80. The van der Waals surface area contributed by atoms with Crippen LogP contribution in [0.15, 0.2) is 24.5 Å². The van der Waals surface area contributed by atoms with E-state index in [2.05, 4.69) is 20.5 Å². The van der Waals surface area contributed by atoms with Crippen LogP contribution in [-0.2, 0) is 12.7 Å². The van der Waals surface area contributed by atoms with Crippen molar-refractivity contribution in [1.29, 1.82) is 0 Å². The molecule has 0 saturated heterocycles. The van der Waals surface area contributed by atoms with Crippen molar-refractivity contribution in [3.63, 3.8) is 0 Å². The highest BCUT2D eigenvalue weighted by molar-refractivity contribution is 6.31. The van der Waals surface area contributed by atoms with Crippen molar-refractivity contribution in [2.75, 3.05) is 0 Å². The predicted octanol–water partition coefficient (Wildman–Crippen LogP) is 3.33. The van der Waals surface area contributed by atoms with Crippen LogP contribution in [0.3, 0.4) is 0 Å². The molecule has 0 fully saturated rings. The maximum absolute atomic E-state index is 12.5. The quantitative estimate of drug-likeness (QED) is 0.911. The second-order valence-corrected chi connectivity index (χ2v) is 4.68. The van der Waals surface area contributed by atoms with Gasteiger partial charge in [-0.3, -0.25) is 10.1 Å². The Kier molecular flexibility index (Phi) is 4.29. The normalized spacial score (nSPS) is 13.4. The first-order valence-corrected chi connectivity index (χ1v) is 6.20. The van der Waals surface area contributed by atoms with E-state index in [1.54, 1.807) is 19.2 Å². The fourth-order valence-corrected chi connectivity index (χ4v) is 2.00. The zero-order chi connectivity index (χ0) is 14.8. The minimum atomic E-state index is -4.44. The Labute approximate surface area is 118 Å². The van der Waals surface area contributed by atoms with Crippen LogP contribution in [0.2, 0.25) is 5.02 Å². The number of nitrogens with one attached hydrogen (secondary N) is 2. The number of H-pyrrole nitrogens is 1. The van der Waals surface area contributed by atoms with E-state index in [1.807, 2.05) is 0 Å². The molecule has 0 aliphatic rings. The highest BCUT2D eigenvalue weighted by Gasteiger charge is 2.31. The maximum atomic E-state index is 12.5. The summed E-state index contributed by atoms with van der Waals surface area (Å²) >= 11 is 5.87. The molecule has 0 bridgehead atoms. The van der Waals surface area contributed by atoms with Crippen molar-refractivity contribution in [3.8, 4) is 0 Å². The van der Waals surface area contributed by atoms with E-state index in [4.69, 9.17) is 11.6 Å². The van der Waals surface area contributed by atoms with Gasteiger partial charge >= 0.3 is 6.18 Å². The van der Waals surface area contributed by atoms with Gasteiger partial charge in [0.2, 0.25) is 0 Å². The lowest BCUT2D eigenvalue weighted by molar-refractivity contribution is -0.137. The van der Waals surface area contributed by atoms with Crippen LogP contribution >= 0.6 is 11.6 Å². The van der Waals surface area contributed by atoms with Gasteiger partial charge in [0.25, 0.3) is 0 Å². The van der Waals surface area contributed by atoms with E-state index >= 15 is 0 Å². The Morgan fingerprint density at radius 3 is 2.75 bits per heavy atom. The number of aromatic amines is 1. The third kappa shape index (κ3) is 3.49. The Hall–Kier alpha value is -1.60. The standard InChI is InChI=1S/C12H12ClF3N4/c1-7(17-6-9-2-3-19-20-9)11-10(13)4-8(5-18-11)12(14,15)16/h2-5,7,17H,6H2,1H3,(H,19,20). The molecule has 4 nitrogen and oxygen atoms in total. The summed E-state index contributed by atoms with van der Waals surface area (Å²) < 4.78 is 37.5. The molecule has 0 spiro atoms. The molecule has 1 atom stereocenters. The molecule has 108 valence electrons. The Balaban J connectivity index is 2.08. The number of rotatable bonds is 4. The first-order chi connectivity index (χ1) is 9.38. The number of pyridine rings is 1. The summed E-state index contributed by atoms with van der Waals surface area (Å²) in [6.45, 7) is 2.26. The number of hydrogen-bond acceptors (Lipinski definition) is 3. The van der Waals surface area contributed by atoms with Crippen molar-refractivity contribution < 1.29 is 13.2 Å². The van der Waals surface area contributed by atoms with E-state index in [1.165, 1.54) is 0 Å². The van der Waals surface area contributed by atoms with Crippen molar-refractivity contribution in [2.45, 2.75) is 25.7 Å². The summed E-state index contributed by atoms with van der Waals surface area (Å²) in [6.07, 6.45) is -2.04. The van der Waals surface area contributed by atoms with Crippen molar-refractivity contribution in [3.05, 3.63) is 46.5 Å². The molecule has 20 heavy (non-hydrogen) atoms. The maximum Gasteiger partial charge on any atom is 0.417 e. The molecule has 1 unspecified atom stereocenters. The molecule has 2 heterocycles. The summed E-state index contributed by atoms with van der Waals surface area (Å²) in [6, 6.07) is 2.40. The van der Waals surface area contributed by atoms with Crippen molar-refractivity contribution >= 4 is 11.6 Å². The van der Waals surface area contributed by atoms with Gasteiger partial charge in [-0.1, -0.05) is 11.6 Å². The monoisotopic (exact) mass is 304 g/mol. The van der Waals surface area contributed by atoms with Gasteiger partial charge in [-0.05, 0) is 19.1 Å². The van der Waals surface area contributed by atoms with Crippen LogP contribution < -0.4 is 5.32 Å². The topological polar surface area (TPSA) is 53.6 Å². The SMILES string of the molecule is CC(NCc1ccn[nH]1)c1ncc(C(F)(F)F)cc1Cl. The van der Waals surface area contributed by atoms with Gasteiger partial charge in [0.15, 0.2) is 0 Å². The number of hydrogen-bond donors (Lipinski definition) is 2. The molecule has 0 aromatic carbocycles. The van der Waals surface area contributed by atoms with Crippen molar-refractivity contribution in [1.82, 2.24) is 20.5 Å². The van der Waals surface area contributed by atoms with E-state index in [0.717, 1.165) is 18.0 Å². The summed E-state index contributed by atoms with van der Waals surface area (Å²) in [5.74, 6) is 0. The summed E-state index contributed by atoms with van der Waals surface area (Å²) in [5.41, 5.74) is 0.381. The van der Waals surface area contributed by atoms with Crippen LogP contribution in [0, 0.1) is 0 Å². The van der Waals surface area contributed by atoms with E-state index in [-0.39, 0.29) is 11.1 Å². The lowest BCUT2D eigenvalue weighted by atomic mass is 10.1. The molecular weight excluding hydrogens is 293 g/mol. The van der Waals surface area contributed by atoms with Gasteiger partial charge in [-0.2, -0.15) is 18.3 Å². The molecule has 0 amide bonds. The van der Waals surface area contributed by atoms with E-state index in [9.17, 15) is 13.2 Å². The molecule has 0 saturated carbocycles. The van der Waals surface area contributed by atoms with Crippen LogP contribution in [0.25, 0.3) is 0 Å². The van der Waals surface area contributed by atoms with Crippen molar-refractivity contribution in [2.24, 2.45) is 0 Å². The zero-order valence-electron chi connectivity index (χ0n) is 10.5. The average Bonchev–Trinajstić information content (AvgIpc) is 2.87. The predicted molar refractivity (Wildman–Crippen MR) is 68.1 cm³/mol. The van der Waals surface area contributed by atoms with E-state index < -0.39 is 11.7 Å². The Morgan fingerprint density at radius 2 is 2.20 bits per heavy atom. The number of aromatic nitrogens is 3. The fraction of sp³-hybridized carbons (Fsp3) is 0.333. The molecule has 2 rings (SSSR count). The molecular formula is C12H12ClF3N4. The van der Waals surface area contributed by atoms with Gasteiger partial charge in [0.05, 0.1) is 16.3 Å². The molecule has 2 N–H and O–H groups in total. The average molecular weight is 305 g/mol. The lowest BCUT2D eigenvalue weighted by Crippen LogP contribution is -2.20. The van der Waals surface area contributed by atoms with E-state index in [0.29, 0.717) is 12.2 Å². The molecule has 0 aliphatic carbocycles. The third-order valence-corrected chi connectivity index (χ3v) is 3.07. The minimum Gasteiger partial charge on any atom is -0.303 e. The highest BCUT2D eigenvalue weighted by Crippen LogP contribution is 2.32. The zero-order valence-corrected chi connectivity index (χ0v) is 11.3. The molecule has 0 radical (unpaired) electrons. The smallest absolute Gasteiger partial charge is 0.303 e. The van der Waals surface area contributed by atoms with Gasteiger partial charge in [-0.25, -0.2) is 0 Å². The fourth-order valence-electron chi connectivity index (χ4n) is 1.67. The first kappa shape index (κ1) is 14.8.